The molecule has 7 heteroatoms. The van der Waals surface area contributed by atoms with Crippen LogP contribution in [0.25, 0.3) is 11.8 Å². The molecule has 35 heavy (non-hydrogen) atoms. The average Bonchev–Trinajstić information content (AvgIpc) is 3.44. The van der Waals surface area contributed by atoms with Crippen molar-refractivity contribution in [3.63, 3.8) is 0 Å². The molecule has 0 amide bonds. The zero-order valence-electron chi connectivity index (χ0n) is 19.7. The smallest absolute Gasteiger partial charge is 0.271 e. The Hall–Kier alpha value is -3.84. The molecule has 0 unspecified atom stereocenters. The molecule has 4 aromatic rings. The number of benzene rings is 2. The highest BCUT2D eigenvalue weighted by Crippen LogP contribution is 2.45. The minimum Gasteiger partial charge on any atom is -0.493 e. The van der Waals surface area contributed by atoms with Crippen LogP contribution >= 0.6 is 11.3 Å². The maximum atomic E-state index is 13.8. The minimum atomic E-state index is -0.347. The molecule has 1 atom stereocenters. The van der Waals surface area contributed by atoms with Crippen LogP contribution in [0.15, 0.2) is 74.4 Å². The van der Waals surface area contributed by atoms with Crippen molar-refractivity contribution in [3.8, 4) is 11.5 Å². The largest absolute Gasteiger partial charge is 0.493 e. The number of fused-ring (bicyclic) bond motifs is 3. The molecule has 2 aromatic carbocycles. The third kappa shape index (κ3) is 3.46. The van der Waals surface area contributed by atoms with Gasteiger partial charge in [0, 0.05) is 17.2 Å². The first-order valence-corrected chi connectivity index (χ1v) is 12.3. The molecule has 0 saturated heterocycles. The fourth-order valence-electron chi connectivity index (χ4n) is 5.09. The van der Waals surface area contributed by atoms with E-state index in [9.17, 15) is 4.79 Å². The van der Waals surface area contributed by atoms with Crippen molar-refractivity contribution >= 4 is 23.1 Å². The summed E-state index contributed by atoms with van der Waals surface area (Å²) in [5, 5.41) is 0. The van der Waals surface area contributed by atoms with Crippen molar-refractivity contribution in [1.29, 1.82) is 0 Å². The van der Waals surface area contributed by atoms with Crippen molar-refractivity contribution in [3.05, 3.63) is 108 Å². The molecule has 2 aliphatic rings. The molecule has 1 aliphatic heterocycles. The molecule has 2 aromatic heterocycles. The van der Waals surface area contributed by atoms with Gasteiger partial charge in [0.2, 0.25) is 0 Å². The fraction of sp³-hybridized carbons (Fsp3) is 0.214. The number of hydrogen-bond acceptors (Lipinski definition) is 6. The van der Waals surface area contributed by atoms with E-state index in [0.717, 1.165) is 41.0 Å². The predicted molar refractivity (Wildman–Crippen MR) is 136 cm³/mol. The SMILES string of the molecule is COc1cccc([C@@H]2C3=C(N=c4s/c(=C\c5ccc(C)o5)c(=O)n42)c2ccccc2CC3)c1OC. The lowest BCUT2D eigenvalue weighted by molar-refractivity contribution is 0.348. The summed E-state index contributed by atoms with van der Waals surface area (Å²) in [6, 6.07) is 17.6. The standard InChI is InChI=1S/C28H24N2O4S/c1-16-11-13-18(34-16)15-23-27(31)30-25(21-9-6-10-22(32-2)26(21)33-3)20-14-12-17-7-4-5-8-19(17)24(20)29-28(30)35-23/h4-11,13,15,25H,12,14H2,1-3H3/b23-15-/t25-/m0/s1. The lowest BCUT2D eigenvalue weighted by atomic mass is 9.83. The van der Waals surface area contributed by atoms with E-state index in [1.165, 1.54) is 16.9 Å². The van der Waals surface area contributed by atoms with E-state index in [4.69, 9.17) is 18.9 Å². The van der Waals surface area contributed by atoms with Gasteiger partial charge in [-0.05, 0) is 49.1 Å². The molecular formula is C28H24N2O4S. The maximum absolute atomic E-state index is 13.8. The van der Waals surface area contributed by atoms with E-state index in [1.54, 1.807) is 24.9 Å². The number of methoxy groups -OCH3 is 2. The first-order valence-electron chi connectivity index (χ1n) is 11.5. The molecule has 6 nitrogen and oxygen atoms in total. The number of aromatic nitrogens is 1. The molecular weight excluding hydrogens is 460 g/mol. The van der Waals surface area contributed by atoms with Crippen LogP contribution in [0.4, 0.5) is 0 Å². The number of thiazole rings is 1. The van der Waals surface area contributed by atoms with E-state index in [0.29, 0.717) is 26.6 Å². The Kier molecular flexibility index (Phi) is 5.22. The summed E-state index contributed by atoms with van der Waals surface area (Å²) in [4.78, 5) is 19.5. The Bertz CT molecular complexity index is 1670. The van der Waals surface area contributed by atoms with Crippen molar-refractivity contribution in [2.45, 2.75) is 25.8 Å². The summed E-state index contributed by atoms with van der Waals surface area (Å²) in [5.74, 6) is 2.71. The van der Waals surface area contributed by atoms with Crippen LogP contribution in [0.2, 0.25) is 0 Å². The average molecular weight is 485 g/mol. The molecule has 176 valence electrons. The van der Waals surface area contributed by atoms with Gasteiger partial charge in [0.15, 0.2) is 16.3 Å². The summed E-state index contributed by atoms with van der Waals surface area (Å²) in [5.41, 5.74) is 5.25. The Labute approximate surface area is 206 Å². The van der Waals surface area contributed by atoms with E-state index in [1.807, 2.05) is 43.3 Å². The predicted octanol–water partition coefficient (Wildman–Crippen LogP) is 4.24. The van der Waals surface area contributed by atoms with Gasteiger partial charge in [0.1, 0.15) is 11.5 Å². The van der Waals surface area contributed by atoms with Crippen molar-refractivity contribution < 1.29 is 13.9 Å². The number of aryl methyl sites for hydroxylation is 2. The number of furan rings is 1. The molecule has 0 spiro atoms. The third-order valence-corrected chi connectivity index (χ3v) is 7.62. The molecule has 6 rings (SSSR count). The van der Waals surface area contributed by atoms with Gasteiger partial charge in [-0.2, -0.15) is 0 Å². The maximum Gasteiger partial charge on any atom is 0.271 e. The number of ether oxygens (including phenoxy) is 2. The number of hydrogen-bond donors (Lipinski definition) is 0. The van der Waals surface area contributed by atoms with Gasteiger partial charge in [-0.3, -0.25) is 9.36 Å². The summed E-state index contributed by atoms with van der Waals surface area (Å²) in [6.45, 7) is 1.89. The highest BCUT2D eigenvalue weighted by molar-refractivity contribution is 7.07. The second-order valence-electron chi connectivity index (χ2n) is 8.64. The van der Waals surface area contributed by atoms with Crippen LogP contribution in [0.5, 0.6) is 11.5 Å². The molecule has 0 bridgehead atoms. The van der Waals surface area contributed by atoms with Crippen LogP contribution in [-0.4, -0.2) is 18.8 Å². The Morgan fingerprint density at radius 2 is 1.91 bits per heavy atom. The summed E-state index contributed by atoms with van der Waals surface area (Å²) in [6.07, 6.45) is 3.50. The van der Waals surface area contributed by atoms with E-state index in [2.05, 4.69) is 18.2 Å². The lowest BCUT2D eigenvalue weighted by Crippen LogP contribution is -2.39. The summed E-state index contributed by atoms with van der Waals surface area (Å²) < 4.78 is 19.5. The van der Waals surface area contributed by atoms with Gasteiger partial charge >= 0.3 is 0 Å². The van der Waals surface area contributed by atoms with Crippen molar-refractivity contribution in [2.24, 2.45) is 4.99 Å². The molecule has 0 saturated carbocycles. The van der Waals surface area contributed by atoms with Crippen LogP contribution in [0, 0.1) is 6.92 Å². The summed E-state index contributed by atoms with van der Waals surface area (Å²) >= 11 is 1.38. The topological polar surface area (TPSA) is 66.0 Å². The summed E-state index contributed by atoms with van der Waals surface area (Å²) in [7, 11) is 3.26. The van der Waals surface area contributed by atoms with Gasteiger partial charge in [0.05, 0.1) is 30.5 Å². The highest BCUT2D eigenvalue weighted by atomic mass is 32.1. The van der Waals surface area contributed by atoms with Gasteiger partial charge in [0.25, 0.3) is 5.56 Å². The molecule has 0 radical (unpaired) electrons. The van der Waals surface area contributed by atoms with Gasteiger partial charge < -0.3 is 13.9 Å². The Morgan fingerprint density at radius 3 is 2.69 bits per heavy atom. The second-order valence-corrected chi connectivity index (χ2v) is 9.65. The monoisotopic (exact) mass is 484 g/mol. The first-order chi connectivity index (χ1) is 17.1. The van der Waals surface area contributed by atoms with Gasteiger partial charge in [-0.25, -0.2) is 4.99 Å². The van der Waals surface area contributed by atoms with Crippen molar-refractivity contribution in [1.82, 2.24) is 4.57 Å². The van der Waals surface area contributed by atoms with E-state index < -0.39 is 0 Å². The van der Waals surface area contributed by atoms with Crippen LogP contribution in [0.3, 0.4) is 0 Å². The molecule has 1 aliphatic carbocycles. The van der Waals surface area contributed by atoms with E-state index in [-0.39, 0.29) is 11.6 Å². The van der Waals surface area contributed by atoms with Gasteiger partial charge in [-0.15, -0.1) is 0 Å². The normalized spacial score (nSPS) is 16.9. The van der Waals surface area contributed by atoms with Crippen LogP contribution in [-0.2, 0) is 6.42 Å². The van der Waals surface area contributed by atoms with E-state index >= 15 is 0 Å². The number of para-hydroxylation sites is 1. The van der Waals surface area contributed by atoms with Crippen LogP contribution in [0.1, 0.15) is 40.7 Å². The van der Waals surface area contributed by atoms with Gasteiger partial charge in [-0.1, -0.05) is 47.7 Å². The number of nitrogens with zero attached hydrogens (tertiary/aromatic N) is 2. The highest BCUT2D eigenvalue weighted by Gasteiger charge is 2.34. The number of allylic oxidation sites excluding steroid dienone is 1. The molecule has 0 fully saturated rings. The fourth-order valence-corrected chi connectivity index (χ4v) is 6.07. The second kappa shape index (κ2) is 8.43. The Morgan fingerprint density at radius 1 is 1.06 bits per heavy atom. The minimum absolute atomic E-state index is 0.0944. The zero-order chi connectivity index (χ0) is 24.1. The first kappa shape index (κ1) is 21.7. The quantitative estimate of drug-likeness (QED) is 0.435. The lowest BCUT2D eigenvalue weighted by Gasteiger charge is -2.31. The molecule has 0 N–H and O–H groups in total. The zero-order valence-corrected chi connectivity index (χ0v) is 20.5. The van der Waals surface area contributed by atoms with Crippen LogP contribution < -0.4 is 24.4 Å². The Balaban J connectivity index is 1.67. The van der Waals surface area contributed by atoms with Crippen molar-refractivity contribution in [2.75, 3.05) is 14.2 Å². The molecule has 3 heterocycles. The number of rotatable bonds is 4. The third-order valence-electron chi connectivity index (χ3n) is 6.64.